The fourth-order valence-electron chi connectivity index (χ4n) is 2.24. The molecule has 2 aromatic carbocycles. The van der Waals surface area contributed by atoms with Gasteiger partial charge >= 0.3 is 119 Å². The van der Waals surface area contributed by atoms with Crippen molar-refractivity contribution in [1.29, 1.82) is 0 Å². The van der Waals surface area contributed by atoms with Crippen LogP contribution in [0.5, 0.6) is 5.75 Å². The third kappa shape index (κ3) is 1.85. The molecule has 0 saturated carbocycles. The second-order valence-corrected chi connectivity index (χ2v) is 7.69. The molecular formula is C15H12Al2O. The van der Waals surface area contributed by atoms with Crippen molar-refractivity contribution in [1.82, 2.24) is 0 Å². The first kappa shape index (κ1) is 12.1. The summed E-state index contributed by atoms with van der Waals surface area (Å²) in [6, 6.07) is 12.6. The molecule has 0 bridgehead atoms. The normalized spacial score (nSPS) is 15.3. The van der Waals surface area contributed by atoms with E-state index in [9.17, 15) is 0 Å². The molecule has 84 valence electrons. The van der Waals surface area contributed by atoms with E-state index in [-0.39, 0.29) is 32.9 Å². The third-order valence-electron chi connectivity index (χ3n) is 3.35. The van der Waals surface area contributed by atoms with E-state index in [1.165, 1.54) is 10.8 Å². The van der Waals surface area contributed by atoms with Crippen molar-refractivity contribution in [2.24, 2.45) is 0 Å². The van der Waals surface area contributed by atoms with Gasteiger partial charge in [-0.3, -0.25) is 0 Å². The van der Waals surface area contributed by atoms with Crippen LogP contribution < -0.4 is 4.74 Å². The number of ether oxygens (including phenoxy) is 1. The van der Waals surface area contributed by atoms with Crippen LogP contribution >= 0.6 is 0 Å². The fourth-order valence-corrected chi connectivity index (χ4v) is 3.77. The molecule has 0 atom stereocenters. The Labute approximate surface area is 119 Å². The van der Waals surface area contributed by atoms with Gasteiger partial charge in [-0.1, -0.05) is 0 Å². The van der Waals surface area contributed by atoms with Crippen LogP contribution in [0.25, 0.3) is 16.8 Å². The number of rotatable bonds is 2. The van der Waals surface area contributed by atoms with Crippen LogP contribution in [0.1, 0.15) is 5.56 Å². The van der Waals surface area contributed by atoms with Crippen LogP contribution in [0.2, 0.25) is 0 Å². The van der Waals surface area contributed by atoms with Crippen molar-refractivity contribution in [3.63, 3.8) is 0 Å². The third-order valence-corrected chi connectivity index (χ3v) is 6.66. The molecule has 2 aromatic rings. The molecule has 3 rings (SSSR count). The van der Waals surface area contributed by atoms with Gasteiger partial charge in [-0.25, -0.2) is 0 Å². The summed E-state index contributed by atoms with van der Waals surface area (Å²) in [6.07, 6.45) is 4.33. The van der Waals surface area contributed by atoms with Gasteiger partial charge in [0.05, 0.1) is 0 Å². The summed E-state index contributed by atoms with van der Waals surface area (Å²) in [5.41, 5.74) is 1.16. The summed E-state index contributed by atoms with van der Waals surface area (Å²) in [4.78, 5) is 0. The Morgan fingerprint density at radius 3 is 2.56 bits per heavy atom. The van der Waals surface area contributed by atoms with Gasteiger partial charge in [-0.05, 0) is 0 Å². The zero-order chi connectivity index (χ0) is 12.6. The molecule has 1 aliphatic heterocycles. The molecule has 0 radical (unpaired) electrons. The van der Waals surface area contributed by atoms with Crippen LogP contribution in [0.4, 0.5) is 0 Å². The monoisotopic (exact) mass is 262 g/mol. The molecular weight excluding hydrogens is 250 g/mol. The summed E-state index contributed by atoms with van der Waals surface area (Å²) in [5.74, 6) is 1.00. The SMILES string of the molecule is [CH2]=[Al][C]1([Al]=[CH2])C=Cc2ccc3ccccc3c2O1. The van der Waals surface area contributed by atoms with Gasteiger partial charge in [-0.15, -0.1) is 0 Å². The second kappa shape index (κ2) is 4.62. The molecule has 0 fully saturated rings. The van der Waals surface area contributed by atoms with Gasteiger partial charge in [0.2, 0.25) is 0 Å². The molecule has 1 nitrogen and oxygen atoms in total. The van der Waals surface area contributed by atoms with Crippen molar-refractivity contribution in [3.05, 3.63) is 48.0 Å². The van der Waals surface area contributed by atoms with E-state index in [1.54, 1.807) is 0 Å². The summed E-state index contributed by atoms with van der Waals surface area (Å²) in [5, 5.41) is 10.6. The Morgan fingerprint density at radius 1 is 1.00 bits per heavy atom. The molecule has 0 N–H and O–H groups in total. The number of hydrogen-bond donors (Lipinski definition) is 0. The molecule has 1 aliphatic rings. The van der Waals surface area contributed by atoms with Gasteiger partial charge in [0.1, 0.15) is 0 Å². The first-order valence-corrected chi connectivity index (χ1v) is 8.74. The summed E-state index contributed by atoms with van der Waals surface area (Å²) < 4.78 is 6.11. The average Bonchev–Trinajstić information content (AvgIpc) is 2.46. The summed E-state index contributed by atoms with van der Waals surface area (Å²) in [7, 11) is 0. The molecule has 0 spiro atoms. The van der Waals surface area contributed by atoms with E-state index in [4.69, 9.17) is 4.74 Å². The number of hydrogen-bond acceptors (Lipinski definition) is 1. The Kier molecular flexibility index (Phi) is 3.10. The standard InChI is InChI=1S/C13H8O.2CH2.2Al/c1-2-6-12-10(4-1)7-8-11-5-3-9-14-13(11)12;;;;/h1-8H;2*1H2;;. The maximum atomic E-state index is 6.29. The van der Waals surface area contributed by atoms with E-state index in [2.05, 4.69) is 59.3 Å². The van der Waals surface area contributed by atoms with Crippen LogP contribution in [0.3, 0.4) is 0 Å². The predicted molar refractivity (Wildman–Crippen MR) is 82.1 cm³/mol. The zero-order valence-electron chi connectivity index (χ0n) is 10.1. The molecule has 18 heavy (non-hydrogen) atoms. The molecule has 0 saturated heterocycles. The van der Waals surface area contributed by atoms with Gasteiger partial charge in [0, 0.05) is 0 Å². The molecule has 0 aromatic heterocycles. The minimum atomic E-state index is -0.183. The minimum absolute atomic E-state index is 0.0265. The summed E-state index contributed by atoms with van der Waals surface area (Å²) >= 11 is -0.0530. The van der Waals surface area contributed by atoms with E-state index in [1.807, 2.05) is 0 Å². The first-order chi connectivity index (χ1) is 8.78. The van der Waals surface area contributed by atoms with Gasteiger partial charge in [-0.2, -0.15) is 0 Å². The molecule has 1 heterocycles. The fraction of sp³-hybridized carbons (Fsp3) is 0.0667. The Hall–Kier alpha value is -0.955. The molecule has 0 aliphatic carbocycles. The van der Waals surface area contributed by atoms with Gasteiger partial charge in [0.25, 0.3) is 0 Å². The van der Waals surface area contributed by atoms with Crippen LogP contribution in [0, 0.1) is 0 Å². The Morgan fingerprint density at radius 2 is 1.78 bits per heavy atom. The van der Waals surface area contributed by atoms with Crippen molar-refractivity contribution in [2.45, 2.75) is 3.32 Å². The van der Waals surface area contributed by atoms with E-state index >= 15 is 0 Å². The average molecular weight is 262 g/mol. The first-order valence-electron chi connectivity index (χ1n) is 5.95. The maximum absolute atomic E-state index is 6.29. The van der Waals surface area contributed by atoms with Crippen molar-refractivity contribution in [3.8, 4) is 5.75 Å². The number of fused-ring (bicyclic) bond motifs is 3. The van der Waals surface area contributed by atoms with E-state index < -0.39 is 0 Å². The molecule has 0 unspecified atom stereocenters. The second-order valence-electron chi connectivity index (χ2n) is 4.40. The van der Waals surface area contributed by atoms with Crippen molar-refractivity contribution < 1.29 is 4.74 Å². The topological polar surface area (TPSA) is 9.23 Å². The van der Waals surface area contributed by atoms with Gasteiger partial charge in [0.15, 0.2) is 0 Å². The van der Waals surface area contributed by atoms with Gasteiger partial charge < -0.3 is 0 Å². The zero-order valence-corrected chi connectivity index (χ0v) is 12.4. The van der Waals surface area contributed by atoms with Crippen molar-refractivity contribution >= 4 is 57.2 Å². The predicted octanol–water partition coefficient (Wildman–Crippen LogP) is 2.17. The number of benzene rings is 2. The van der Waals surface area contributed by atoms with Crippen LogP contribution in [-0.2, 0) is 0 Å². The van der Waals surface area contributed by atoms with Crippen molar-refractivity contribution in [2.75, 3.05) is 0 Å². The van der Waals surface area contributed by atoms with E-state index in [0.717, 1.165) is 11.3 Å². The van der Waals surface area contributed by atoms with Crippen LogP contribution in [-0.4, -0.2) is 43.7 Å². The Balaban J connectivity index is 2.27. The van der Waals surface area contributed by atoms with Crippen LogP contribution in [0.15, 0.2) is 42.5 Å². The van der Waals surface area contributed by atoms with E-state index in [0.29, 0.717) is 0 Å². The Bertz CT molecular complexity index is 665. The molecule has 0 amide bonds. The molecule has 3 heteroatoms. The summed E-state index contributed by atoms with van der Waals surface area (Å²) in [6.45, 7) is 0. The quantitative estimate of drug-likeness (QED) is 0.754.